The predicted octanol–water partition coefficient (Wildman–Crippen LogP) is 0.329. The summed E-state index contributed by atoms with van der Waals surface area (Å²) in [5.41, 5.74) is 11.6. The molecule has 1 aromatic heterocycles. The molecule has 1 aliphatic heterocycles. The Morgan fingerprint density at radius 1 is 0.708 bits per heavy atom. The average molecular weight is 1730 g/mol. The summed E-state index contributed by atoms with van der Waals surface area (Å²) >= 11 is 12.9. The number of aromatic nitrogens is 1. The number of rotatable bonds is 40. The van der Waals surface area contributed by atoms with E-state index < -0.39 is 262 Å². The zero-order valence-corrected chi connectivity index (χ0v) is 68.6. The number of nitrogens with two attached hydrogens (primary N) is 2. The number of nitrogens with one attached hydrogen (secondary N) is 12. The van der Waals surface area contributed by atoms with Crippen molar-refractivity contribution >= 4 is 153 Å². The molecule has 42 heteroatoms. The van der Waals surface area contributed by atoms with Gasteiger partial charge in [0.2, 0.25) is 59.1 Å². The van der Waals surface area contributed by atoms with Gasteiger partial charge < -0.3 is 104 Å². The summed E-state index contributed by atoms with van der Waals surface area (Å²) in [4.78, 5) is 265. The van der Waals surface area contributed by atoms with Gasteiger partial charge in [-0.15, -0.1) is 0 Å². The fourth-order valence-corrected chi connectivity index (χ4v) is 13.4. The summed E-state index contributed by atoms with van der Waals surface area (Å²) in [5, 5.41) is 57.5. The van der Waals surface area contributed by atoms with Crippen molar-refractivity contribution in [3.05, 3.63) is 75.8 Å². The van der Waals surface area contributed by atoms with Crippen LogP contribution in [0.25, 0.3) is 10.9 Å². The van der Waals surface area contributed by atoms with Gasteiger partial charge in [-0.2, -0.15) is 0 Å². The van der Waals surface area contributed by atoms with E-state index in [1.54, 1.807) is 6.92 Å². The number of carboxylic acids is 2. The molecule has 0 aliphatic carbocycles. The minimum absolute atomic E-state index is 0.00159. The van der Waals surface area contributed by atoms with E-state index in [0.29, 0.717) is 29.3 Å². The summed E-state index contributed by atoms with van der Waals surface area (Å²) in [6.07, 6.45) is -3.01. The number of aliphatic hydroxyl groups is 1. The van der Waals surface area contributed by atoms with Gasteiger partial charge in [-0.25, -0.2) is 9.18 Å². The maximum atomic E-state index is 15.1. The van der Waals surface area contributed by atoms with Gasteiger partial charge in [-0.1, -0.05) is 82.2 Å². The Morgan fingerprint density at radius 2 is 1.34 bits per heavy atom. The van der Waals surface area contributed by atoms with Gasteiger partial charge in [0.05, 0.1) is 67.2 Å². The van der Waals surface area contributed by atoms with Gasteiger partial charge in [0.15, 0.2) is 23.1 Å². The van der Waals surface area contributed by atoms with Crippen LogP contribution in [0.2, 0.25) is 10.0 Å². The predicted molar refractivity (Wildman–Crippen MR) is 427 cm³/mol. The Bertz CT molecular complexity index is 4190. The lowest BCUT2D eigenvalue weighted by Gasteiger charge is -2.29. The fraction of sp³-hybridized carbons (Fsp3) is 0.551. The Morgan fingerprint density at radius 3 is 1.98 bits per heavy atom. The molecule has 0 spiro atoms. The molecule has 660 valence electrons. The average Bonchev–Trinajstić information content (AvgIpc) is 1.52. The number of amides is 10. The summed E-state index contributed by atoms with van der Waals surface area (Å²) in [6.45, 7) is 6.05. The van der Waals surface area contributed by atoms with Gasteiger partial charge in [0.1, 0.15) is 61.4 Å². The normalized spacial score (nSPS) is 20.9. The number of Topliss-reactive ketones (excluding diaryl/α,β-unsaturated/α-hetero) is 4. The maximum absolute atomic E-state index is 15.1. The first-order valence-electron chi connectivity index (χ1n) is 38.9. The number of carbonyl (C=O) groups is 19. The number of aliphatic hydroxyl groups excluding tert-OH is 1. The third kappa shape index (κ3) is 34.1. The van der Waals surface area contributed by atoms with Crippen molar-refractivity contribution in [3.63, 3.8) is 0 Å². The molecule has 3 aromatic rings. The highest BCUT2D eigenvalue weighted by Gasteiger charge is 2.41. The maximum Gasteiger partial charge on any atom is 0.329 e. The smallest absolute Gasteiger partial charge is 0.329 e. The van der Waals surface area contributed by atoms with E-state index in [4.69, 9.17) is 48.9 Å². The number of esters is 1. The van der Waals surface area contributed by atoms with E-state index in [9.17, 15) is 106 Å². The Kier molecular flexibility index (Phi) is 43.5. The quantitative estimate of drug-likeness (QED) is 0.0120. The second-order valence-electron chi connectivity index (χ2n) is 28.9. The number of benzene rings is 2. The molecule has 2 heterocycles. The van der Waals surface area contributed by atoms with E-state index in [1.807, 2.05) is 0 Å². The summed E-state index contributed by atoms with van der Waals surface area (Å²) < 4.78 is 30.2. The van der Waals surface area contributed by atoms with Crippen LogP contribution in [0.3, 0.4) is 0 Å². The van der Waals surface area contributed by atoms with Crippen molar-refractivity contribution in [2.24, 2.45) is 35.1 Å². The van der Waals surface area contributed by atoms with Gasteiger partial charge in [-0.3, -0.25) is 86.3 Å². The SMILES string of the molecule is C=C1NCC(=O)N[C@H](CO)C(=O)C[C@@H]([C@H](C)CC(=O)O)C(=O)N[C@@H](CC(=O)c2cc(Cl)cc(Cl)c2NCC)C(=O)O[C@H](C)[C@H](NC(=O)[C@H](CC(=O)O)CC(=O)[C@@H](CC(N)=O)NC(=O)[C@H](Cc2c[nH]c3ccc(F)cc23)NC(=O)CCCCCCCCC)C(=O)NCC(=O)N[C@@H](CCCN)C(=O)C[C@@H](COC=O)C(=O)N[C@H](C)C(=O)N[C@H]1COC=O. The molecular weight excluding hydrogens is 1620 g/mol. The number of ketones is 4. The fourth-order valence-electron chi connectivity index (χ4n) is 12.9. The summed E-state index contributed by atoms with van der Waals surface area (Å²) in [5.74, 6) is -28.8. The molecule has 120 heavy (non-hydrogen) atoms. The Balaban J connectivity index is 1.92. The van der Waals surface area contributed by atoms with Crippen molar-refractivity contribution in [1.82, 2.24) is 58.2 Å². The first kappa shape index (κ1) is 101. The topological polar surface area (TPSA) is 613 Å². The van der Waals surface area contributed by atoms with Crippen LogP contribution in [0, 0.1) is 29.5 Å². The molecule has 1 fully saturated rings. The van der Waals surface area contributed by atoms with Crippen LogP contribution in [0.15, 0.2) is 48.8 Å². The number of primary amides is 1. The van der Waals surface area contributed by atoms with Crippen molar-refractivity contribution < 1.29 is 125 Å². The van der Waals surface area contributed by atoms with E-state index in [1.165, 1.54) is 44.3 Å². The van der Waals surface area contributed by atoms with Crippen LogP contribution in [0.4, 0.5) is 10.1 Å². The molecular formula is C78H107Cl2FN14O25. The van der Waals surface area contributed by atoms with E-state index in [2.05, 4.69) is 77.0 Å². The van der Waals surface area contributed by atoms with Gasteiger partial charge >= 0.3 is 17.9 Å². The minimum atomic E-state index is -2.40. The van der Waals surface area contributed by atoms with Gasteiger partial charge in [0.25, 0.3) is 12.9 Å². The lowest BCUT2D eigenvalue weighted by Crippen LogP contribution is -2.57. The molecule has 10 amide bonds. The number of carboxylic acid groups (broad SMARTS) is 2. The highest BCUT2D eigenvalue weighted by molar-refractivity contribution is 6.37. The first-order chi connectivity index (χ1) is 56.9. The van der Waals surface area contributed by atoms with Crippen LogP contribution in [-0.4, -0.2) is 234 Å². The molecule has 4 rings (SSSR count). The number of cyclic esters (lactones) is 1. The molecule has 1 saturated heterocycles. The Hall–Kier alpha value is -11.5. The highest BCUT2D eigenvalue weighted by Crippen LogP contribution is 2.32. The first-order valence-corrected chi connectivity index (χ1v) is 39.7. The number of hydrogen-bond donors (Lipinski definition) is 17. The molecule has 39 nitrogen and oxygen atoms in total. The van der Waals surface area contributed by atoms with Crippen molar-refractivity contribution in [1.29, 1.82) is 0 Å². The number of fused-ring (bicyclic) bond motifs is 1. The lowest BCUT2D eigenvalue weighted by atomic mass is 9.84. The molecule has 0 bridgehead atoms. The molecule has 13 atom stereocenters. The molecule has 1 aliphatic rings. The third-order valence-electron chi connectivity index (χ3n) is 19.4. The van der Waals surface area contributed by atoms with Crippen LogP contribution >= 0.6 is 23.2 Å². The number of carbonyl (C=O) groups excluding carboxylic acids is 17. The van der Waals surface area contributed by atoms with Crippen LogP contribution in [0.5, 0.6) is 0 Å². The zero-order valence-electron chi connectivity index (χ0n) is 67.1. The summed E-state index contributed by atoms with van der Waals surface area (Å²) in [6, 6.07) is -8.55. The second-order valence-corrected chi connectivity index (χ2v) is 29.7. The third-order valence-corrected chi connectivity index (χ3v) is 19.9. The number of aromatic amines is 1. The molecule has 19 N–H and O–H groups in total. The van der Waals surface area contributed by atoms with Crippen LogP contribution < -0.4 is 70.0 Å². The second kappa shape index (κ2) is 51.7. The molecule has 0 saturated carbocycles. The van der Waals surface area contributed by atoms with Gasteiger partial charge in [0, 0.05) is 90.8 Å². The number of anilines is 1. The zero-order chi connectivity index (χ0) is 89.5. The minimum Gasteiger partial charge on any atom is -0.481 e. The lowest BCUT2D eigenvalue weighted by molar-refractivity contribution is -0.156. The van der Waals surface area contributed by atoms with Crippen LogP contribution in [0.1, 0.15) is 160 Å². The van der Waals surface area contributed by atoms with Crippen molar-refractivity contribution in [3.8, 4) is 0 Å². The van der Waals surface area contributed by atoms with E-state index >= 15 is 4.79 Å². The number of halogens is 3. The number of H-pyrrole nitrogens is 1. The van der Waals surface area contributed by atoms with Crippen molar-refractivity contribution in [2.75, 3.05) is 51.3 Å². The summed E-state index contributed by atoms with van der Waals surface area (Å²) in [7, 11) is 0. The monoisotopic (exact) mass is 1730 g/mol. The van der Waals surface area contributed by atoms with Gasteiger partial charge in [-0.05, 0) is 88.4 Å². The standard InChI is InChI=1S/C78H107Cl2FN14O25/c1-7-9-10-11-12-13-14-17-65(104)90-56(22-45-32-86-53-19-18-48(81)28-50(45)53)76(115)92-55(31-64(83)103)62(101)23-44(25-69(109)110)73(112)95-70-43(6)120-78(117)57(30-60(99)51-26-47(79)27-52(80)71(51)84-8-2)93-75(114)49(40(3)21-68(107)108)29-63(102)58(35-96)91-66(105)33-85-41(4)59(37-119-39-98)94-72(111)42(5)88-74(113)46(36-118-38-97)24-61(100)54(16-15-20-82)89-67(106)34-87-77(70)116/h18-19,26-28,32,38-40,42-44,46,49,54-59,70,84-86,96H,4,7-17,20-25,29-31,33-37,82H2,1-3,5-6H3,(H2,83,103)(H,87,116)(H,88,113)(H,89,106)(H,90,104)(H,91,105)(H,92,115)(H,93,114)(H,94,111)(H,95,112)(H,107,108)(H,109,110)/t40-,42-,43-,44+,46+,49+,54+,55-,56+,57+,58-,59+,70+/m1/s1. The molecule has 0 unspecified atom stereocenters. The number of ether oxygens (including phenoxy) is 3. The van der Waals surface area contributed by atoms with Crippen molar-refractivity contribution in [2.45, 2.75) is 205 Å². The van der Waals surface area contributed by atoms with E-state index in [-0.39, 0.29) is 78.7 Å². The highest BCUT2D eigenvalue weighted by atomic mass is 35.5. The van der Waals surface area contributed by atoms with Crippen LogP contribution in [-0.2, 0) is 107 Å². The number of hydrogen-bond acceptors (Lipinski definition) is 26. The molecule has 2 aromatic carbocycles. The number of unbranched alkanes of at least 4 members (excludes halogenated alkanes) is 6. The largest absolute Gasteiger partial charge is 0.481 e. The number of aliphatic carboxylic acids is 2. The Labute approximate surface area is 699 Å². The van der Waals surface area contributed by atoms with E-state index in [0.717, 1.165) is 45.1 Å². The molecule has 0 radical (unpaired) electrons.